The molecular formula is C13H24N2O4S. The first-order chi connectivity index (χ1) is 9.55. The predicted octanol–water partition coefficient (Wildman–Crippen LogP) is 0.633. The van der Waals surface area contributed by atoms with Crippen LogP contribution >= 0.6 is 0 Å². The first-order valence-electron chi connectivity index (χ1n) is 7.38. The van der Waals surface area contributed by atoms with Crippen LogP contribution in [-0.2, 0) is 14.6 Å². The van der Waals surface area contributed by atoms with Gasteiger partial charge in [0, 0.05) is 13.1 Å². The number of sulfone groups is 1. The first kappa shape index (κ1) is 15.6. The number of carbonyl (C=O) groups excluding carboxylic acids is 1. The van der Waals surface area contributed by atoms with Crippen LogP contribution in [0.4, 0.5) is 4.79 Å². The van der Waals surface area contributed by atoms with Gasteiger partial charge >= 0.3 is 6.09 Å². The van der Waals surface area contributed by atoms with Gasteiger partial charge in [-0.3, -0.25) is 4.90 Å². The number of rotatable bonds is 5. The van der Waals surface area contributed by atoms with Crippen molar-refractivity contribution in [1.82, 2.24) is 10.2 Å². The number of nitrogens with zero attached hydrogens (tertiary/aromatic N) is 1. The fraction of sp³-hybridized carbons (Fsp3) is 0.923. The van der Waals surface area contributed by atoms with Gasteiger partial charge in [0.25, 0.3) is 0 Å². The molecule has 2 aliphatic heterocycles. The Morgan fingerprint density at radius 1 is 1.25 bits per heavy atom. The number of amides is 1. The van der Waals surface area contributed by atoms with E-state index in [1.54, 1.807) is 0 Å². The number of ether oxygens (including phenoxy) is 1. The molecule has 2 heterocycles. The highest BCUT2D eigenvalue weighted by Crippen LogP contribution is 2.17. The summed E-state index contributed by atoms with van der Waals surface area (Å²) in [4.78, 5) is 13.8. The highest BCUT2D eigenvalue weighted by molar-refractivity contribution is 7.91. The SMILES string of the molecule is O=C(NC[C@@H]1CCS(=O)(=O)C1)OCCN1CCCCC1. The van der Waals surface area contributed by atoms with Crippen LogP contribution in [0.2, 0.25) is 0 Å². The number of hydrogen-bond acceptors (Lipinski definition) is 5. The molecule has 2 rings (SSSR count). The Kier molecular flexibility index (Phi) is 5.65. The molecule has 2 fully saturated rings. The Labute approximate surface area is 120 Å². The van der Waals surface area contributed by atoms with Gasteiger partial charge in [-0.15, -0.1) is 0 Å². The summed E-state index contributed by atoms with van der Waals surface area (Å²) < 4.78 is 27.7. The van der Waals surface area contributed by atoms with Gasteiger partial charge < -0.3 is 10.1 Å². The summed E-state index contributed by atoms with van der Waals surface area (Å²) in [6.45, 7) is 3.75. The van der Waals surface area contributed by atoms with Crippen molar-refractivity contribution in [2.45, 2.75) is 25.7 Å². The zero-order valence-electron chi connectivity index (χ0n) is 11.8. The van der Waals surface area contributed by atoms with E-state index in [0.717, 1.165) is 19.6 Å². The topological polar surface area (TPSA) is 75.7 Å². The summed E-state index contributed by atoms with van der Waals surface area (Å²) in [6.07, 6.45) is 3.94. The lowest BCUT2D eigenvalue weighted by atomic mass is 10.1. The van der Waals surface area contributed by atoms with Crippen LogP contribution in [0, 0.1) is 5.92 Å². The average molecular weight is 304 g/mol. The van der Waals surface area contributed by atoms with Crippen molar-refractivity contribution in [2.24, 2.45) is 5.92 Å². The van der Waals surface area contributed by atoms with Crippen molar-refractivity contribution >= 4 is 15.9 Å². The summed E-state index contributed by atoms with van der Waals surface area (Å²) >= 11 is 0. The number of alkyl carbamates (subject to hydrolysis) is 1. The summed E-state index contributed by atoms with van der Waals surface area (Å²) in [5.41, 5.74) is 0. The third-order valence-corrected chi connectivity index (χ3v) is 5.79. The Balaban J connectivity index is 1.54. The van der Waals surface area contributed by atoms with Crippen molar-refractivity contribution in [3.63, 3.8) is 0 Å². The van der Waals surface area contributed by atoms with Crippen LogP contribution in [0.25, 0.3) is 0 Å². The summed E-state index contributed by atoms with van der Waals surface area (Å²) in [7, 11) is -2.87. The van der Waals surface area contributed by atoms with Crippen LogP contribution in [0.1, 0.15) is 25.7 Å². The van der Waals surface area contributed by atoms with Crippen LogP contribution in [-0.4, -0.2) is 63.7 Å². The largest absolute Gasteiger partial charge is 0.448 e. The van der Waals surface area contributed by atoms with Crippen molar-refractivity contribution in [3.8, 4) is 0 Å². The Hall–Kier alpha value is -0.820. The monoisotopic (exact) mass is 304 g/mol. The van der Waals surface area contributed by atoms with Gasteiger partial charge in [-0.25, -0.2) is 13.2 Å². The minimum atomic E-state index is -2.87. The maximum atomic E-state index is 11.5. The van der Waals surface area contributed by atoms with Crippen LogP contribution in [0.15, 0.2) is 0 Å². The molecular weight excluding hydrogens is 280 g/mol. The van der Waals surface area contributed by atoms with E-state index < -0.39 is 15.9 Å². The van der Waals surface area contributed by atoms with Crippen LogP contribution in [0.3, 0.4) is 0 Å². The van der Waals surface area contributed by atoms with E-state index in [9.17, 15) is 13.2 Å². The molecule has 0 radical (unpaired) electrons. The molecule has 0 aliphatic carbocycles. The standard InChI is InChI=1S/C13H24N2O4S/c16-13(14-10-12-4-9-20(17,18)11-12)19-8-7-15-5-2-1-3-6-15/h12H,1-11H2,(H,14,16)/t12-/m0/s1. The van der Waals surface area contributed by atoms with Gasteiger partial charge in [-0.2, -0.15) is 0 Å². The van der Waals surface area contributed by atoms with E-state index >= 15 is 0 Å². The normalized spacial score (nSPS) is 26.3. The third-order valence-electron chi connectivity index (χ3n) is 3.95. The van der Waals surface area contributed by atoms with Gasteiger partial charge in [0.1, 0.15) is 6.61 Å². The highest BCUT2D eigenvalue weighted by Gasteiger charge is 2.28. The van der Waals surface area contributed by atoms with E-state index in [2.05, 4.69) is 10.2 Å². The second-order valence-corrected chi connectivity index (χ2v) is 7.92. The third kappa shape index (κ3) is 5.28. The molecule has 0 saturated carbocycles. The molecule has 2 aliphatic rings. The van der Waals surface area contributed by atoms with E-state index in [0.29, 0.717) is 19.6 Å². The fourth-order valence-corrected chi connectivity index (χ4v) is 4.62. The summed E-state index contributed by atoms with van der Waals surface area (Å²) in [5, 5.41) is 2.66. The number of hydrogen-bond donors (Lipinski definition) is 1. The molecule has 2 saturated heterocycles. The average Bonchev–Trinajstić information content (AvgIpc) is 2.77. The summed E-state index contributed by atoms with van der Waals surface area (Å²) in [5.74, 6) is 0.458. The van der Waals surface area contributed by atoms with Crippen molar-refractivity contribution in [3.05, 3.63) is 0 Å². The molecule has 116 valence electrons. The number of carbonyl (C=O) groups is 1. The molecule has 0 aromatic rings. The second-order valence-electron chi connectivity index (χ2n) is 5.69. The lowest BCUT2D eigenvalue weighted by Gasteiger charge is -2.25. The van der Waals surface area contributed by atoms with E-state index in [4.69, 9.17) is 4.74 Å². The maximum absolute atomic E-state index is 11.5. The lowest BCUT2D eigenvalue weighted by Crippen LogP contribution is -2.35. The quantitative estimate of drug-likeness (QED) is 0.806. The minimum Gasteiger partial charge on any atom is -0.448 e. The molecule has 0 aromatic heterocycles. The van der Waals surface area contributed by atoms with E-state index in [-0.39, 0.29) is 17.4 Å². The molecule has 0 aromatic carbocycles. The Bertz CT molecular complexity index is 418. The van der Waals surface area contributed by atoms with Gasteiger partial charge in [0.2, 0.25) is 0 Å². The molecule has 6 nitrogen and oxygen atoms in total. The summed E-state index contributed by atoms with van der Waals surface area (Å²) in [6, 6.07) is 0. The fourth-order valence-electron chi connectivity index (χ4n) is 2.76. The zero-order valence-corrected chi connectivity index (χ0v) is 12.7. The molecule has 1 N–H and O–H groups in total. The molecule has 0 unspecified atom stereocenters. The molecule has 1 amide bonds. The predicted molar refractivity (Wildman–Crippen MR) is 76.4 cm³/mol. The van der Waals surface area contributed by atoms with E-state index in [1.165, 1.54) is 19.3 Å². The molecule has 0 spiro atoms. The number of nitrogens with one attached hydrogen (secondary N) is 1. The smallest absolute Gasteiger partial charge is 0.407 e. The molecule has 1 atom stereocenters. The molecule has 0 bridgehead atoms. The van der Waals surface area contributed by atoms with Gasteiger partial charge in [0.05, 0.1) is 11.5 Å². The Morgan fingerprint density at radius 2 is 2.00 bits per heavy atom. The van der Waals surface area contributed by atoms with Crippen LogP contribution in [0.5, 0.6) is 0 Å². The Morgan fingerprint density at radius 3 is 2.65 bits per heavy atom. The van der Waals surface area contributed by atoms with E-state index in [1.807, 2.05) is 0 Å². The van der Waals surface area contributed by atoms with Gasteiger partial charge in [-0.05, 0) is 38.3 Å². The highest BCUT2D eigenvalue weighted by atomic mass is 32.2. The lowest BCUT2D eigenvalue weighted by molar-refractivity contribution is 0.120. The van der Waals surface area contributed by atoms with Gasteiger partial charge in [0.15, 0.2) is 9.84 Å². The molecule has 20 heavy (non-hydrogen) atoms. The number of piperidine rings is 1. The second kappa shape index (κ2) is 7.26. The number of likely N-dealkylation sites (tertiary alicyclic amines) is 1. The van der Waals surface area contributed by atoms with Crippen molar-refractivity contribution in [2.75, 3.05) is 44.3 Å². The van der Waals surface area contributed by atoms with Crippen LogP contribution < -0.4 is 5.32 Å². The molecule has 7 heteroatoms. The van der Waals surface area contributed by atoms with Crippen molar-refractivity contribution in [1.29, 1.82) is 0 Å². The van der Waals surface area contributed by atoms with Crippen molar-refractivity contribution < 1.29 is 17.9 Å². The minimum absolute atomic E-state index is 0.0367. The zero-order chi connectivity index (χ0) is 14.4. The first-order valence-corrected chi connectivity index (χ1v) is 9.21. The maximum Gasteiger partial charge on any atom is 0.407 e. The van der Waals surface area contributed by atoms with Gasteiger partial charge in [-0.1, -0.05) is 6.42 Å².